The predicted octanol–water partition coefficient (Wildman–Crippen LogP) is 2.30. The number of esters is 1. The van der Waals surface area contributed by atoms with E-state index in [1.807, 2.05) is 0 Å². The molecule has 1 amide bonds. The van der Waals surface area contributed by atoms with Gasteiger partial charge in [0.15, 0.2) is 0 Å². The van der Waals surface area contributed by atoms with Crippen LogP contribution in [-0.4, -0.2) is 25.0 Å². The largest absolute Gasteiger partial charge is 0.466 e. The molecule has 4 nitrogen and oxygen atoms in total. The molecule has 0 fully saturated rings. The molecule has 1 heterocycles. The molecule has 108 valence electrons. The summed E-state index contributed by atoms with van der Waals surface area (Å²) in [6.07, 6.45) is 0.742. The molecule has 0 aromatic heterocycles. The number of nitrogens with zero attached hydrogens (tertiary/aromatic N) is 1. The first-order valence-corrected chi connectivity index (χ1v) is 6.82. The highest BCUT2D eigenvalue weighted by molar-refractivity contribution is 5.95. The zero-order valence-electron chi connectivity index (χ0n) is 11.7. The third-order valence-corrected chi connectivity index (χ3v) is 3.43. The van der Waals surface area contributed by atoms with Gasteiger partial charge in [-0.05, 0) is 37.1 Å². The number of amides is 1. The van der Waals surface area contributed by atoms with E-state index in [9.17, 15) is 14.0 Å². The number of halogens is 1. The minimum absolute atomic E-state index is 0.0770. The van der Waals surface area contributed by atoms with Crippen molar-refractivity contribution in [2.24, 2.45) is 5.92 Å². The number of ether oxygens (including phenoxy) is 1. The molecule has 0 radical (unpaired) electrons. The lowest BCUT2D eigenvalue weighted by molar-refractivity contribution is -0.147. The maximum atomic E-state index is 13.4. The van der Waals surface area contributed by atoms with Gasteiger partial charge in [-0.25, -0.2) is 4.39 Å². The highest BCUT2D eigenvalue weighted by atomic mass is 19.1. The minimum atomic E-state index is -0.431. The van der Waals surface area contributed by atoms with Crippen LogP contribution in [0.3, 0.4) is 0 Å². The maximum absolute atomic E-state index is 13.4. The first-order chi connectivity index (χ1) is 9.56. The normalized spacial score (nSPS) is 17.6. The minimum Gasteiger partial charge on any atom is -0.466 e. The summed E-state index contributed by atoms with van der Waals surface area (Å²) >= 11 is 0. The van der Waals surface area contributed by atoms with Crippen molar-refractivity contribution in [2.75, 3.05) is 18.1 Å². The molecule has 0 spiro atoms. The number of hydrogen-bond acceptors (Lipinski definition) is 3. The molecular weight excluding hydrogens is 261 g/mol. The van der Waals surface area contributed by atoms with Crippen molar-refractivity contribution >= 4 is 17.6 Å². The van der Waals surface area contributed by atoms with Crippen molar-refractivity contribution in [2.45, 2.75) is 26.7 Å². The Balaban J connectivity index is 2.34. The molecular formula is C15H18FNO3. The standard InChI is InChI=1S/C15H18FNO3/c1-3-14(18)17-9-11(15(19)20-4-2)7-10-8-12(16)5-6-13(10)17/h5-6,8,11H,3-4,7,9H2,1-2H3. The molecule has 0 bridgehead atoms. The predicted molar refractivity (Wildman–Crippen MR) is 72.9 cm³/mol. The Bertz CT molecular complexity index is 530. The van der Waals surface area contributed by atoms with Crippen LogP contribution in [0.15, 0.2) is 18.2 Å². The van der Waals surface area contributed by atoms with Crippen LogP contribution in [0.1, 0.15) is 25.8 Å². The van der Waals surface area contributed by atoms with Crippen LogP contribution in [0, 0.1) is 11.7 Å². The van der Waals surface area contributed by atoms with Gasteiger partial charge in [-0.2, -0.15) is 0 Å². The van der Waals surface area contributed by atoms with Crippen molar-refractivity contribution in [3.05, 3.63) is 29.6 Å². The van der Waals surface area contributed by atoms with Gasteiger partial charge >= 0.3 is 5.97 Å². The Labute approximate surface area is 117 Å². The third kappa shape index (κ3) is 2.81. The fraction of sp³-hybridized carbons (Fsp3) is 0.467. The van der Waals surface area contributed by atoms with Crippen molar-refractivity contribution in [3.8, 4) is 0 Å². The van der Waals surface area contributed by atoms with Gasteiger partial charge in [-0.15, -0.1) is 0 Å². The number of rotatable bonds is 3. The average Bonchev–Trinajstić information content (AvgIpc) is 2.45. The van der Waals surface area contributed by atoms with E-state index >= 15 is 0 Å². The molecule has 0 N–H and O–H groups in total. The van der Waals surface area contributed by atoms with E-state index in [0.29, 0.717) is 37.2 Å². The number of hydrogen-bond donors (Lipinski definition) is 0. The number of fused-ring (bicyclic) bond motifs is 1. The summed E-state index contributed by atoms with van der Waals surface area (Å²) in [5, 5.41) is 0. The quantitative estimate of drug-likeness (QED) is 0.798. The van der Waals surface area contributed by atoms with Gasteiger partial charge in [0.25, 0.3) is 0 Å². The maximum Gasteiger partial charge on any atom is 0.311 e. The summed E-state index contributed by atoms with van der Waals surface area (Å²) in [6, 6.07) is 4.32. The Morgan fingerprint density at radius 2 is 2.15 bits per heavy atom. The molecule has 2 rings (SSSR count). The van der Waals surface area contributed by atoms with Gasteiger partial charge in [0.2, 0.25) is 5.91 Å². The molecule has 1 unspecified atom stereocenters. The van der Waals surface area contributed by atoms with Crippen LogP contribution in [-0.2, 0) is 20.7 Å². The molecule has 1 atom stereocenters. The van der Waals surface area contributed by atoms with Crippen molar-refractivity contribution in [3.63, 3.8) is 0 Å². The zero-order chi connectivity index (χ0) is 14.7. The van der Waals surface area contributed by atoms with Crippen molar-refractivity contribution in [1.29, 1.82) is 0 Å². The second kappa shape index (κ2) is 6.03. The summed E-state index contributed by atoms with van der Waals surface area (Å²) in [5.74, 6) is -1.21. The van der Waals surface area contributed by atoms with E-state index in [1.54, 1.807) is 24.8 Å². The monoisotopic (exact) mass is 279 g/mol. The van der Waals surface area contributed by atoms with Gasteiger partial charge < -0.3 is 9.64 Å². The fourth-order valence-corrected chi connectivity index (χ4v) is 2.47. The summed E-state index contributed by atoms with van der Waals surface area (Å²) in [4.78, 5) is 25.5. The highest BCUT2D eigenvalue weighted by Crippen LogP contribution is 2.31. The number of carbonyl (C=O) groups excluding carboxylic acids is 2. The molecule has 1 aliphatic heterocycles. The lowest BCUT2D eigenvalue weighted by atomic mass is 9.92. The van der Waals surface area contributed by atoms with Gasteiger partial charge in [-0.1, -0.05) is 6.92 Å². The lowest BCUT2D eigenvalue weighted by Crippen LogP contribution is -2.43. The van der Waals surface area contributed by atoms with Crippen molar-refractivity contribution < 1.29 is 18.7 Å². The highest BCUT2D eigenvalue weighted by Gasteiger charge is 2.32. The van der Waals surface area contributed by atoms with E-state index in [1.165, 1.54) is 12.1 Å². The fourth-order valence-electron chi connectivity index (χ4n) is 2.47. The van der Waals surface area contributed by atoms with Crippen LogP contribution in [0.25, 0.3) is 0 Å². The number of anilines is 1. The van der Waals surface area contributed by atoms with E-state index in [-0.39, 0.29) is 17.7 Å². The molecule has 0 saturated carbocycles. The second-order valence-electron chi connectivity index (χ2n) is 4.78. The topological polar surface area (TPSA) is 46.6 Å². The summed E-state index contributed by atoms with van der Waals surface area (Å²) in [5.41, 5.74) is 1.37. The van der Waals surface area contributed by atoms with E-state index in [0.717, 1.165) is 0 Å². The summed E-state index contributed by atoms with van der Waals surface area (Å²) in [7, 11) is 0. The van der Waals surface area contributed by atoms with E-state index in [2.05, 4.69) is 0 Å². The van der Waals surface area contributed by atoms with Gasteiger partial charge in [0.05, 0.1) is 12.5 Å². The molecule has 0 aliphatic carbocycles. The van der Waals surface area contributed by atoms with Crippen LogP contribution in [0.4, 0.5) is 10.1 Å². The third-order valence-electron chi connectivity index (χ3n) is 3.43. The second-order valence-corrected chi connectivity index (χ2v) is 4.78. The number of carbonyl (C=O) groups is 2. The molecule has 1 aromatic carbocycles. The Morgan fingerprint density at radius 3 is 2.80 bits per heavy atom. The Morgan fingerprint density at radius 1 is 1.40 bits per heavy atom. The SMILES string of the molecule is CCOC(=O)C1Cc2cc(F)ccc2N(C(=O)CC)C1. The van der Waals surface area contributed by atoms with Gasteiger partial charge in [-0.3, -0.25) is 9.59 Å². The summed E-state index contributed by atoms with van der Waals surface area (Å²) < 4.78 is 18.4. The average molecular weight is 279 g/mol. The first-order valence-electron chi connectivity index (χ1n) is 6.82. The first kappa shape index (κ1) is 14.5. The molecule has 1 aliphatic rings. The lowest BCUT2D eigenvalue weighted by Gasteiger charge is -2.33. The van der Waals surface area contributed by atoms with Crippen LogP contribution in [0.5, 0.6) is 0 Å². The van der Waals surface area contributed by atoms with E-state index < -0.39 is 5.92 Å². The number of benzene rings is 1. The Hall–Kier alpha value is -1.91. The van der Waals surface area contributed by atoms with Crippen molar-refractivity contribution in [1.82, 2.24) is 0 Å². The molecule has 1 aromatic rings. The van der Waals surface area contributed by atoms with Gasteiger partial charge in [0.1, 0.15) is 5.82 Å². The molecule has 5 heteroatoms. The van der Waals surface area contributed by atoms with E-state index in [4.69, 9.17) is 4.74 Å². The van der Waals surface area contributed by atoms with Crippen LogP contribution >= 0.6 is 0 Å². The van der Waals surface area contributed by atoms with Gasteiger partial charge in [0, 0.05) is 18.7 Å². The van der Waals surface area contributed by atoms with Crippen LogP contribution < -0.4 is 4.90 Å². The Kier molecular flexibility index (Phi) is 4.37. The zero-order valence-corrected chi connectivity index (χ0v) is 11.7. The summed E-state index contributed by atoms with van der Waals surface area (Å²) in [6.45, 7) is 4.10. The van der Waals surface area contributed by atoms with Crippen LogP contribution in [0.2, 0.25) is 0 Å². The smallest absolute Gasteiger partial charge is 0.311 e. The molecule has 20 heavy (non-hydrogen) atoms. The molecule has 0 saturated heterocycles.